The molecule has 0 saturated carbocycles. The molecule has 3 heterocycles. The Kier molecular flexibility index (Phi) is 7.30. The minimum Gasteiger partial charge on any atom is -0.461 e. The van der Waals surface area contributed by atoms with Gasteiger partial charge in [-0.15, -0.1) is 0 Å². The lowest BCUT2D eigenvalue weighted by Gasteiger charge is -2.38. The summed E-state index contributed by atoms with van der Waals surface area (Å²) in [6, 6.07) is 8.84. The Hall–Kier alpha value is -2.90. The van der Waals surface area contributed by atoms with Crippen LogP contribution in [-0.2, 0) is 19.1 Å². The number of esters is 1. The molecule has 2 atom stereocenters. The highest BCUT2D eigenvalue weighted by Crippen LogP contribution is 2.29. The Labute approximate surface area is 195 Å². The Morgan fingerprint density at radius 2 is 1.73 bits per heavy atom. The summed E-state index contributed by atoms with van der Waals surface area (Å²) in [6.07, 6.45) is 3.84. The van der Waals surface area contributed by atoms with Gasteiger partial charge in [0.25, 0.3) is 0 Å². The fraction of sp³-hybridized carbons (Fsp3) is 0.600. The van der Waals surface area contributed by atoms with Crippen LogP contribution in [0.15, 0.2) is 35.4 Å². The molecule has 3 aliphatic rings. The lowest BCUT2D eigenvalue weighted by atomic mass is 9.92. The number of carbonyl (C=O) groups excluding carboxylic acids is 3. The van der Waals surface area contributed by atoms with E-state index >= 15 is 0 Å². The summed E-state index contributed by atoms with van der Waals surface area (Å²) >= 11 is 0. The molecule has 178 valence electrons. The van der Waals surface area contributed by atoms with E-state index in [2.05, 4.69) is 12.0 Å². The third-order valence-electron chi connectivity index (χ3n) is 6.85. The number of hydrogen-bond acceptors (Lipinski definition) is 6. The molecule has 0 radical (unpaired) electrons. The second kappa shape index (κ2) is 10.4. The molecule has 2 amide bonds. The molecule has 0 aromatic heterocycles. The molecule has 4 rings (SSSR count). The van der Waals surface area contributed by atoms with Gasteiger partial charge in [-0.1, -0.05) is 25.1 Å². The van der Waals surface area contributed by atoms with Gasteiger partial charge >= 0.3 is 5.97 Å². The number of hydrogen-bond donors (Lipinski definition) is 0. The van der Waals surface area contributed by atoms with Crippen molar-refractivity contribution in [1.82, 2.24) is 9.80 Å². The molecular weight excluding hydrogens is 420 g/mol. The molecule has 33 heavy (non-hydrogen) atoms. The zero-order valence-electron chi connectivity index (χ0n) is 19.6. The number of nitrogens with zero attached hydrogens (tertiary/aromatic N) is 4. The van der Waals surface area contributed by atoms with Gasteiger partial charge in [-0.2, -0.15) is 5.10 Å². The lowest BCUT2D eigenvalue weighted by molar-refractivity contribution is -0.142. The summed E-state index contributed by atoms with van der Waals surface area (Å²) in [7, 11) is 0. The second-order valence-electron chi connectivity index (χ2n) is 9.30. The van der Waals surface area contributed by atoms with Crippen LogP contribution in [0.2, 0.25) is 0 Å². The fourth-order valence-corrected chi connectivity index (χ4v) is 5.06. The molecule has 8 nitrogen and oxygen atoms in total. The normalized spacial score (nSPS) is 23.9. The summed E-state index contributed by atoms with van der Waals surface area (Å²) < 4.78 is 5.13. The first-order valence-electron chi connectivity index (χ1n) is 12.1. The van der Waals surface area contributed by atoms with Crippen molar-refractivity contribution in [2.75, 3.05) is 37.8 Å². The van der Waals surface area contributed by atoms with Crippen LogP contribution in [0.3, 0.4) is 0 Å². The summed E-state index contributed by atoms with van der Waals surface area (Å²) in [6.45, 7) is 7.01. The maximum atomic E-state index is 13.5. The van der Waals surface area contributed by atoms with Crippen molar-refractivity contribution in [1.29, 1.82) is 0 Å². The molecular formula is C25H34N4O4. The molecule has 1 aromatic rings. The van der Waals surface area contributed by atoms with Crippen molar-refractivity contribution < 1.29 is 19.1 Å². The van der Waals surface area contributed by atoms with E-state index in [1.165, 1.54) is 6.42 Å². The maximum absolute atomic E-state index is 13.5. The zero-order chi connectivity index (χ0) is 23.4. The smallest absolute Gasteiger partial charge is 0.354 e. The number of benzene rings is 1. The van der Waals surface area contributed by atoms with Gasteiger partial charge in [0.2, 0.25) is 11.8 Å². The van der Waals surface area contributed by atoms with Crippen LogP contribution in [-0.4, -0.2) is 72.1 Å². The van der Waals surface area contributed by atoms with Gasteiger partial charge < -0.3 is 14.5 Å². The Balaban J connectivity index is 1.41. The molecule has 1 aromatic carbocycles. The Morgan fingerprint density at radius 1 is 1.00 bits per heavy atom. The predicted molar refractivity (Wildman–Crippen MR) is 126 cm³/mol. The first-order valence-corrected chi connectivity index (χ1v) is 12.1. The monoisotopic (exact) mass is 454 g/mol. The quantitative estimate of drug-likeness (QED) is 0.639. The molecule has 0 aliphatic carbocycles. The van der Waals surface area contributed by atoms with Crippen molar-refractivity contribution in [3.05, 3.63) is 30.3 Å². The average Bonchev–Trinajstić information content (AvgIpc) is 3.30. The lowest BCUT2D eigenvalue weighted by Crippen LogP contribution is -2.50. The minimum atomic E-state index is -0.581. The SMILES string of the molecule is CCOC(=O)C1=NN(c2ccccc2)C(C(=O)N2CCC(C(=O)N3CCCC(C)C3)CC2)C1. The van der Waals surface area contributed by atoms with E-state index in [-0.39, 0.29) is 36.5 Å². The van der Waals surface area contributed by atoms with Crippen molar-refractivity contribution in [2.24, 2.45) is 16.9 Å². The number of ether oxygens (including phenoxy) is 1. The van der Waals surface area contributed by atoms with E-state index in [0.29, 0.717) is 31.8 Å². The van der Waals surface area contributed by atoms with Crippen LogP contribution in [0.1, 0.15) is 46.0 Å². The van der Waals surface area contributed by atoms with E-state index in [1.807, 2.05) is 40.1 Å². The van der Waals surface area contributed by atoms with Gasteiger partial charge in [-0.3, -0.25) is 14.6 Å². The van der Waals surface area contributed by atoms with Crippen molar-refractivity contribution >= 4 is 29.2 Å². The summed E-state index contributed by atoms with van der Waals surface area (Å²) in [4.78, 5) is 42.6. The third-order valence-corrected chi connectivity index (χ3v) is 6.85. The zero-order valence-corrected chi connectivity index (χ0v) is 19.6. The van der Waals surface area contributed by atoms with Gasteiger partial charge in [0.05, 0.1) is 12.3 Å². The first kappa shape index (κ1) is 23.3. The minimum absolute atomic E-state index is 0.0144. The first-order chi connectivity index (χ1) is 16.0. The van der Waals surface area contributed by atoms with Gasteiger partial charge in [-0.25, -0.2) is 4.79 Å². The number of anilines is 1. The van der Waals surface area contributed by atoms with Crippen LogP contribution >= 0.6 is 0 Å². The maximum Gasteiger partial charge on any atom is 0.354 e. The topological polar surface area (TPSA) is 82.5 Å². The summed E-state index contributed by atoms with van der Waals surface area (Å²) in [5.41, 5.74) is 1.03. The fourth-order valence-electron chi connectivity index (χ4n) is 5.06. The number of carbonyl (C=O) groups is 3. The van der Waals surface area contributed by atoms with Gasteiger partial charge in [0.1, 0.15) is 11.8 Å². The summed E-state index contributed by atoms with van der Waals surface area (Å²) in [5, 5.41) is 6.09. The van der Waals surface area contributed by atoms with Gasteiger partial charge in [0, 0.05) is 38.5 Å². The molecule has 0 bridgehead atoms. The van der Waals surface area contributed by atoms with Crippen molar-refractivity contribution in [3.63, 3.8) is 0 Å². The van der Waals surface area contributed by atoms with Crippen LogP contribution in [0.4, 0.5) is 5.69 Å². The average molecular weight is 455 g/mol. The van der Waals surface area contributed by atoms with Crippen LogP contribution in [0.25, 0.3) is 0 Å². The standard InChI is InChI=1S/C25H34N4O4/c1-3-33-25(32)21-16-22(29(26-21)20-9-5-4-6-10-20)24(31)27-14-11-19(12-15-27)23(30)28-13-7-8-18(2)17-28/h4-6,9-10,18-19,22H,3,7-8,11-17H2,1-2H3. The van der Waals surface area contributed by atoms with E-state index in [9.17, 15) is 14.4 Å². The number of piperidine rings is 2. The van der Waals surface area contributed by atoms with Gasteiger partial charge in [-0.05, 0) is 50.7 Å². The molecule has 2 unspecified atom stereocenters. The molecule has 0 N–H and O–H groups in total. The number of amides is 2. The highest BCUT2D eigenvalue weighted by molar-refractivity contribution is 6.38. The van der Waals surface area contributed by atoms with Crippen molar-refractivity contribution in [3.8, 4) is 0 Å². The third kappa shape index (κ3) is 5.20. The van der Waals surface area contributed by atoms with Crippen molar-refractivity contribution in [2.45, 2.75) is 52.0 Å². The van der Waals surface area contributed by atoms with E-state index < -0.39 is 12.0 Å². The molecule has 2 fully saturated rings. The molecule has 0 spiro atoms. The number of rotatable bonds is 5. The Morgan fingerprint density at radius 3 is 2.39 bits per heavy atom. The largest absolute Gasteiger partial charge is 0.461 e. The molecule has 8 heteroatoms. The number of likely N-dealkylation sites (tertiary alicyclic amines) is 2. The van der Waals surface area contributed by atoms with Crippen LogP contribution in [0, 0.1) is 11.8 Å². The van der Waals surface area contributed by atoms with E-state index in [4.69, 9.17) is 4.74 Å². The molecule has 2 saturated heterocycles. The van der Waals surface area contributed by atoms with Crippen LogP contribution < -0.4 is 5.01 Å². The highest BCUT2D eigenvalue weighted by Gasteiger charge is 2.40. The van der Waals surface area contributed by atoms with E-state index in [0.717, 1.165) is 25.2 Å². The molecule has 3 aliphatic heterocycles. The van der Waals surface area contributed by atoms with Gasteiger partial charge in [0.15, 0.2) is 0 Å². The van der Waals surface area contributed by atoms with Crippen LogP contribution in [0.5, 0.6) is 0 Å². The Bertz CT molecular complexity index is 895. The number of hydrazone groups is 1. The predicted octanol–water partition coefficient (Wildman–Crippen LogP) is 2.68. The summed E-state index contributed by atoms with van der Waals surface area (Å²) in [5.74, 6) is 0.255. The second-order valence-corrected chi connectivity index (χ2v) is 9.30. The highest BCUT2D eigenvalue weighted by atomic mass is 16.5. The van der Waals surface area contributed by atoms with E-state index in [1.54, 1.807) is 11.9 Å². The number of para-hydroxylation sites is 1.